The summed E-state index contributed by atoms with van der Waals surface area (Å²) in [6, 6.07) is 15.4. The monoisotopic (exact) mass is 365 g/mol. The Morgan fingerprint density at radius 1 is 1.04 bits per heavy atom. The molecular formula is C22H27N3O2. The topological polar surface area (TPSA) is 70.2 Å². The van der Waals surface area contributed by atoms with Gasteiger partial charge in [0.25, 0.3) is 0 Å². The minimum absolute atomic E-state index is 0.126. The molecular weight excluding hydrogens is 338 g/mol. The molecule has 2 aromatic carbocycles. The third kappa shape index (κ3) is 5.41. The molecule has 0 bridgehead atoms. The first-order valence-corrected chi connectivity index (χ1v) is 9.58. The average molecular weight is 365 g/mol. The Balaban J connectivity index is 1.54. The van der Waals surface area contributed by atoms with Crippen LogP contribution in [0.4, 0.5) is 0 Å². The van der Waals surface area contributed by atoms with Crippen molar-refractivity contribution in [3.05, 3.63) is 70.8 Å². The van der Waals surface area contributed by atoms with Gasteiger partial charge in [-0.3, -0.25) is 9.59 Å². The lowest BCUT2D eigenvalue weighted by molar-refractivity contribution is -0.129. The molecule has 5 heteroatoms. The smallest absolute Gasteiger partial charge is 0.242 e. The van der Waals surface area contributed by atoms with Crippen molar-refractivity contribution in [2.45, 2.75) is 51.9 Å². The van der Waals surface area contributed by atoms with Gasteiger partial charge in [-0.25, -0.2) is 0 Å². The van der Waals surface area contributed by atoms with E-state index in [1.807, 2.05) is 37.3 Å². The number of hydrogen-bond acceptors (Lipinski definition) is 3. The highest BCUT2D eigenvalue weighted by atomic mass is 16.2. The van der Waals surface area contributed by atoms with Gasteiger partial charge in [0.1, 0.15) is 6.04 Å². The fourth-order valence-corrected chi connectivity index (χ4v) is 3.35. The Morgan fingerprint density at radius 3 is 2.59 bits per heavy atom. The van der Waals surface area contributed by atoms with Crippen molar-refractivity contribution >= 4 is 11.8 Å². The van der Waals surface area contributed by atoms with E-state index in [9.17, 15) is 9.59 Å². The molecule has 3 rings (SSSR count). The van der Waals surface area contributed by atoms with E-state index in [0.717, 1.165) is 30.6 Å². The molecule has 0 saturated carbocycles. The molecule has 1 heterocycles. The molecule has 5 nitrogen and oxygen atoms in total. The van der Waals surface area contributed by atoms with Crippen molar-refractivity contribution in [1.29, 1.82) is 0 Å². The van der Waals surface area contributed by atoms with Crippen LogP contribution in [0.3, 0.4) is 0 Å². The molecule has 0 aliphatic carbocycles. The summed E-state index contributed by atoms with van der Waals surface area (Å²) in [6.45, 7) is 4.27. The first kappa shape index (κ1) is 19.1. The van der Waals surface area contributed by atoms with Gasteiger partial charge >= 0.3 is 0 Å². The number of carbonyl (C=O) groups is 2. The molecule has 3 N–H and O–H groups in total. The van der Waals surface area contributed by atoms with Crippen molar-refractivity contribution in [2.75, 3.05) is 0 Å². The van der Waals surface area contributed by atoms with E-state index in [4.69, 9.17) is 0 Å². The lowest BCUT2D eigenvalue weighted by atomic mass is 10.1. The SMILES string of the molecule is CCCC(NC(=O)Cc1ccccc1)C(=O)NCc1ccc2c(c1)CNC2. The van der Waals surface area contributed by atoms with Crippen LogP contribution >= 0.6 is 0 Å². The summed E-state index contributed by atoms with van der Waals surface area (Å²) in [7, 11) is 0. The van der Waals surface area contributed by atoms with Crippen LogP contribution in [0.2, 0.25) is 0 Å². The van der Waals surface area contributed by atoms with E-state index in [2.05, 4.69) is 34.1 Å². The fourth-order valence-electron chi connectivity index (χ4n) is 3.35. The molecule has 1 aliphatic heterocycles. The van der Waals surface area contributed by atoms with Crippen LogP contribution in [0.15, 0.2) is 48.5 Å². The van der Waals surface area contributed by atoms with Crippen molar-refractivity contribution in [3.8, 4) is 0 Å². The largest absolute Gasteiger partial charge is 0.350 e. The van der Waals surface area contributed by atoms with Gasteiger partial charge in [0.15, 0.2) is 0 Å². The van der Waals surface area contributed by atoms with Crippen LogP contribution in [0.5, 0.6) is 0 Å². The van der Waals surface area contributed by atoms with Gasteiger partial charge in [0.05, 0.1) is 6.42 Å². The summed E-state index contributed by atoms with van der Waals surface area (Å²) in [5.41, 5.74) is 4.64. The lowest BCUT2D eigenvalue weighted by Gasteiger charge is -2.18. The molecule has 1 aliphatic rings. The minimum Gasteiger partial charge on any atom is -0.350 e. The molecule has 1 atom stereocenters. The molecule has 1 unspecified atom stereocenters. The normalized spacial score (nSPS) is 13.7. The second-order valence-corrected chi connectivity index (χ2v) is 7.00. The highest BCUT2D eigenvalue weighted by Gasteiger charge is 2.20. The number of hydrogen-bond donors (Lipinski definition) is 3. The summed E-state index contributed by atoms with van der Waals surface area (Å²) in [5.74, 6) is -0.254. The Hall–Kier alpha value is -2.66. The molecule has 0 radical (unpaired) electrons. The minimum atomic E-state index is -0.498. The van der Waals surface area contributed by atoms with Crippen LogP contribution < -0.4 is 16.0 Å². The van der Waals surface area contributed by atoms with Crippen molar-refractivity contribution < 1.29 is 9.59 Å². The maximum Gasteiger partial charge on any atom is 0.242 e. The highest BCUT2D eigenvalue weighted by molar-refractivity contribution is 5.88. The van der Waals surface area contributed by atoms with Crippen LogP contribution in [-0.2, 0) is 35.6 Å². The zero-order valence-corrected chi connectivity index (χ0v) is 15.8. The molecule has 142 valence electrons. The van der Waals surface area contributed by atoms with Crippen LogP contribution in [-0.4, -0.2) is 17.9 Å². The van der Waals surface area contributed by atoms with E-state index in [1.54, 1.807) is 0 Å². The lowest BCUT2D eigenvalue weighted by Crippen LogP contribution is -2.46. The second kappa shape index (κ2) is 9.33. The van der Waals surface area contributed by atoms with Gasteiger partial charge in [-0.2, -0.15) is 0 Å². The number of rotatable bonds is 8. The third-order valence-corrected chi connectivity index (χ3v) is 4.80. The summed E-state index contributed by atoms with van der Waals surface area (Å²) in [5, 5.41) is 9.17. The first-order chi connectivity index (χ1) is 13.2. The third-order valence-electron chi connectivity index (χ3n) is 4.80. The number of benzene rings is 2. The van der Waals surface area contributed by atoms with Gasteiger partial charge in [0, 0.05) is 19.6 Å². The van der Waals surface area contributed by atoms with E-state index >= 15 is 0 Å². The van der Waals surface area contributed by atoms with Crippen molar-refractivity contribution in [3.63, 3.8) is 0 Å². The predicted molar refractivity (Wildman–Crippen MR) is 106 cm³/mol. The molecule has 0 saturated heterocycles. The Kier molecular flexibility index (Phi) is 6.60. The van der Waals surface area contributed by atoms with E-state index in [0.29, 0.717) is 13.0 Å². The second-order valence-electron chi connectivity index (χ2n) is 7.00. The first-order valence-electron chi connectivity index (χ1n) is 9.58. The van der Waals surface area contributed by atoms with Crippen molar-refractivity contribution in [2.24, 2.45) is 0 Å². The van der Waals surface area contributed by atoms with Crippen LogP contribution in [0.25, 0.3) is 0 Å². The zero-order valence-electron chi connectivity index (χ0n) is 15.8. The van der Waals surface area contributed by atoms with Gasteiger partial charge in [-0.15, -0.1) is 0 Å². The summed E-state index contributed by atoms with van der Waals surface area (Å²) < 4.78 is 0. The number of amides is 2. The van der Waals surface area contributed by atoms with E-state index in [1.165, 1.54) is 11.1 Å². The molecule has 27 heavy (non-hydrogen) atoms. The maximum atomic E-state index is 12.6. The van der Waals surface area contributed by atoms with E-state index < -0.39 is 6.04 Å². The number of carbonyl (C=O) groups excluding carboxylic acids is 2. The maximum absolute atomic E-state index is 12.6. The van der Waals surface area contributed by atoms with Crippen LogP contribution in [0, 0.1) is 0 Å². The Morgan fingerprint density at radius 2 is 1.81 bits per heavy atom. The van der Waals surface area contributed by atoms with E-state index in [-0.39, 0.29) is 18.2 Å². The standard InChI is InChI=1S/C22H27N3O2/c1-2-6-20(25-21(26)12-16-7-4-3-5-8-16)22(27)24-13-17-9-10-18-14-23-15-19(18)11-17/h3-5,7-11,20,23H,2,6,12-15H2,1H3,(H,24,27)(H,25,26). The van der Waals surface area contributed by atoms with Gasteiger partial charge in [0.2, 0.25) is 11.8 Å². The van der Waals surface area contributed by atoms with Gasteiger partial charge < -0.3 is 16.0 Å². The van der Waals surface area contributed by atoms with Gasteiger partial charge in [-0.1, -0.05) is 61.9 Å². The summed E-state index contributed by atoms with van der Waals surface area (Å²) >= 11 is 0. The molecule has 2 amide bonds. The summed E-state index contributed by atoms with van der Waals surface area (Å²) in [6.07, 6.45) is 1.74. The molecule has 0 aromatic heterocycles. The fraction of sp³-hybridized carbons (Fsp3) is 0.364. The van der Waals surface area contributed by atoms with Crippen molar-refractivity contribution in [1.82, 2.24) is 16.0 Å². The summed E-state index contributed by atoms with van der Waals surface area (Å²) in [4.78, 5) is 24.9. The Bertz CT molecular complexity index is 789. The predicted octanol–water partition coefficient (Wildman–Crippen LogP) is 2.43. The molecule has 0 spiro atoms. The average Bonchev–Trinajstić information content (AvgIpc) is 3.14. The van der Waals surface area contributed by atoms with Crippen LogP contribution in [0.1, 0.15) is 42.0 Å². The zero-order chi connectivity index (χ0) is 19.1. The molecule has 2 aromatic rings. The quantitative estimate of drug-likeness (QED) is 0.673. The highest BCUT2D eigenvalue weighted by Crippen LogP contribution is 2.17. The number of nitrogens with one attached hydrogen (secondary N) is 3. The Labute approximate surface area is 160 Å². The molecule has 0 fully saturated rings. The van der Waals surface area contributed by atoms with Gasteiger partial charge in [-0.05, 0) is 28.7 Å². The number of fused-ring (bicyclic) bond motifs is 1.